The summed E-state index contributed by atoms with van der Waals surface area (Å²) in [5, 5.41) is 8.41. The highest BCUT2D eigenvalue weighted by molar-refractivity contribution is 5.90. The third-order valence-corrected chi connectivity index (χ3v) is 0.927. The van der Waals surface area contributed by atoms with Gasteiger partial charge in [0.1, 0.15) is 12.0 Å². The molecule has 0 aromatic carbocycles. The van der Waals surface area contributed by atoms with Gasteiger partial charge in [0.05, 0.1) is 0 Å². The Morgan fingerprint density at radius 1 is 1.50 bits per heavy atom. The summed E-state index contributed by atoms with van der Waals surface area (Å²) in [7, 11) is 3.12. The van der Waals surface area contributed by atoms with Crippen molar-refractivity contribution in [1.82, 2.24) is 4.90 Å². The van der Waals surface area contributed by atoms with Gasteiger partial charge in [0.15, 0.2) is 0 Å². The monoisotopic (exact) mass is 143 g/mol. The predicted molar refractivity (Wildman–Crippen MR) is 35.5 cm³/mol. The van der Waals surface area contributed by atoms with Crippen molar-refractivity contribution in [3.8, 4) is 0 Å². The smallest absolute Gasteiger partial charge is 0.352 e. The average Bonchev–Trinajstić information content (AvgIpc) is 1.81. The first kappa shape index (κ1) is 8.68. The lowest BCUT2D eigenvalue weighted by molar-refractivity contribution is -0.134. The molecule has 1 N–H and O–H groups in total. The molecule has 0 saturated heterocycles. The van der Waals surface area contributed by atoms with E-state index in [0.29, 0.717) is 6.29 Å². The molecule has 56 valence electrons. The SMILES string of the molecule is CN(C)C(=CC=O)C(=O)O. The van der Waals surface area contributed by atoms with Crippen LogP contribution in [0, 0.1) is 0 Å². The summed E-state index contributed by atoms with van der Waals surface area (Å²) in [6.07, 6.45) is 1.45. The maximum Gasteiger partial charge on any atom is 0.352 e. The fourth-order valence-electron chi connectivity index (χ4n) is 0.476. The van der Waals surface area contributed by atoms with Crippen LogP contribution < -0.4 is 0 Å². The molecule has 0 bridgehead atoms. The molecular formula is C6H9NO3. The molecule has 4 heteroatoms. The second-order valence-corrected chi connectivity index (χ2v) is 1.89. The van der Waals surface area contributed by atoms with E-state index in [4.69, 9.17) is 5.11 Å². The Morgan fingerprint density at radius 2 is 2.00 bits per heavy atom. The number of carbonyl (C=O) groups is 2. The van der Waals surface area contributed by atoms with Crippen LogP contribution in [0.2, 0.25) is 0 Å². The normalized spacial score (nSPS) is 10.8. The van der Waals surface area contributed by atoms with E-state index in [9.17, 15) is 9.59 Å². The molecule has 0 rings (SSSR count). The van der Waals surface area contributed by atoms with Crippen LogP contribution in [-0.4, -0.2) is 36.4 Å². The standard InChI is InChI=1S/C6H9NO3/c1-7(2)5(3-4-8)6(9)10/h3-4H,1-2H3,(H,9,10). The van der Waals surface area contributed by atoms with Crippen LogP contribution in [0.4, 0.5) is 0 Å². The summed E-state index contributed by atoms with van der Waals surface area (Å²) in [5.41, 5.74) is -0.0185. The Labute approximate surface area is 58.8 Å². The molecule has 0 saturated carbocycles. The molecule has 0 aliphatic heterocycles. The highest BCUT2D eigenvalue weighted by atomic mass is 16.4. The molecule has 4 nitrogen and oxygen atoms in total. The van der Waals surface area contributed by atoms with Crippen LogP contribution in [0.15, 0.2) is 11.8 Å². The average molecular weight is 143 g/mol. The molecule has 0 fully saturated rings. The lowest BCUT2D eigenvalue weighted by Crippen LogP contribution is -2.18. The second kappa shape index (κ2) is 3.66. The molecule has 0 unspecified atom stereocenters. The van der Waals surface area contributed by atoms with Crippen molar-refractivity contribution in [3.63, 3.8) is 0 Å². The summed E-state index contributed by atoms with van der Waals surface area (Å²) in [4.78, 5) is 21.5. The summed E-state index contributed by atoms with van der Waals surface area (Å²) >= 11 is 0. The van der Waals surface area contributed by atoms with Gasteiger partial charge in [-0.1, -0.05) is 0 Å². The topological polar surface area (TPSA) is 57.6 Å². The minimum Gasteiger partial charge on any atom is -0.477 e. The molecule has 0 aliphatic rings. The van der Waals surface area contributed by atoms with Crippen molar-refractivity contribution in [2.24, 2.45) is 0 Å². The molecular weight excluding hydrogens is 134 g/mol. The van der Waals surface area contributed by atoms with E-state index in [1.54, 1.807) is 14.1 Å². The van der Waals surface area contributed by atoms with E-state index in [0.717, 1.165) is 6.08 Å². The molecule has 0 aliphatic carbocycles. The first-order chi connectivity index (χ1) is 4.59. The zero-order valence-electron chi connectivity index (χ0n) is 5.87. The van der Waals surface area contributed by atoms with Crippen LogP contribution in [0.3, 0.4) is 0 Å². The molecule has 0 spiro atoms. The molecule has 10 heavy (non-hydrogen) atoms. The maximum atomic E-state index is 10.3. The lowest BCUT2D eigenvalue weighted by atomic mass is 10.4. The van der Waals surface area contributed by atoms with Gasteiger partial charge < -0.3 is 10.0 Å². The Balaban J connectivity index is 4.41. The first-order valence-electron chi connectivity index (χ1n) is 2.65. The number of hydrogen-bond donors (Lipinski definition) is 1. The Hall–Kier alpha value is -1.32. The van der Waals surface area contributed by atoms with Gasteiger partial charge in [-0.05, 0) is 0 Å². The number of nitrogens with zero attached hydrogens (tertiary/aromatic N) is 1. The summed E-state index contributed by atoms with van der Waals surface area (Å²) in [6.45, 7) is 0. The summed E-state index contributed by atoms with van der Waals surface area (Å²) in [5.74, 6) is -1.10. The largest absolute Gasteiger partial charge is 0.477 e. The molecule has 0 radical (unpaired) electrons. The van der Waals surface area contributed by atoms with Crippen molar-refractivity contribution in [2.75, 3.05) is 14.1 Å². The molecule has 0 atom stereocenters. The molecule has 0 aromatic heterocycles. The van der Waals surface area contributed by atoms with Crippen LogP contribution in [0.1, 0.15) is 0 Å². The van der Waals surface area contributed by atoms with Gasteiger partial charge in [-0.15, -0.1) is 0 Å². The Morgan fingerprint density at radius 3 is 2.10 bits per heavy atom. The lowest BCUT2D eigenvalue weighted by Gasteiger charge is -2.10. The van der Waals surface area contributed by atoms with E-state index < -0.39 is 5.97 Å². The minimum atomic E-state index is -1.10. The van der Waals surface area contributed by atoms with Crippen LogP contribution >= 0.6 is 0 Å². The third-order valence-electron chi connectivity index (χ3n) is 0.927. The molecule has 0 heterocycles. The maximum absolute atomic E-state index is 10.3. The number of likely N-dealkylation sites (N-methyl/N-ethyl adjacent to an activating group) is 1. The molecule has 0 amide bonds. The zero-order valence-corrected chi connectivity index (χ0v) is 5.87. The highest BCUT2D eigenvalue weighted by Crippen LogP contribution is 1.95. The number of rotatable bonds is 3. The van der Waals surface area contributed by atoms with Crippen LogP contribution in [0.25, 0.3) is 0 Å². The van der Waals surface area contributed by atoms with E-state index in [-0.39, 0.29) is 5.70 Å². The number of carboxylic acid groups (broad SMARTS) is 1. The van der Waals surface area contributed by atoms with Gasteiger partial charge in [0, 0.05) is 20.2 Å². The van der Waals surface area contributed by atoms with Gasteiger partial charge in [-0.2, -0.15) is 0 Å². The number of allylic oxidation sites excluding steroid dienone is 1. The number of aliphatic carboxylic acids is 1. The second-order valence-electron chi connectivity index (χ2n) is 1.89. The minimum absolute atomic E-state index is 0.0185. The van der Waals surface area contributed by atoms with Gasteiger partial charge in [-0.3, -0.25) is 4.79 Å². The van der Waals surface area contributed by atoms with E-state index in [1.807, 2.05) is 0 Å². The van der Waals surface area contributed by atoms with Gasteiger partial charge in [0.25, 0.3) is 0 Å². The van der Waals surface area contributed by atoms with Crippen molar-refractivity contribution >= 4 is 12.3 Å². The van der Waals surface area contributed by atoms with Crippen molar-refractivity contribution in [1.29, 1.82) is 0 Å². The quantitative estimate of drug-likeness (QED) is 0.436. The number of aldehydes is 1. The molecule has 0 aromatic rings. The van der Waals surface area contributed by atoms with Crippen molar-refractivity contribution < 1.29 is 14.7 Å². The van der Waals surface area contributed by atoms with E-state index >= 15 is 0 Å². The van der Waals surface area contributed by atoms with Crippen molar-refractivity contribution in [2.45, 2.75) is 0 Å². The van der Waals surface area contributed by atoms with Gasteiger partial charge in [-0.25, -0.2) is 4.79 Å². The van der Waals surface area contributed by atoms with Gasteiger partial charge in [0.2, 0.25) is 0 Å². The highest BCUT2D eigenvalue weighted by Gasteiger charge is 2.07. The third kappa shape index (κ3) is 2.30. The van der Waals surface area contributed by atoms with E-state index in [1.165, 1.54) is 4.90 Å². The summed E-state index contributed by atoms with van der Waals surface area (Å²) < 4.78 is 0. The fraction of sp³-hybridized carbons (Fsp3) is 0.333. The first-order valence-corrected chi connectivity index (χ1v) is 2.65. The summed E-state index contributed by atoms with van der Waals surface area (Å²) in [6, 6.07) is 0. The predicted octanol–water partition coefficient (Wildman–Crippen LogP) is -0.285. The van der Waals surface area contributed by atoms with Crippen LogP contribution in [0.5, 0.6) is 0 Å². The van der Waals surface area contributed by atoms with E-state index in [2.05, 4.69) is 0 Å². The fourth-order valence-corrected chi connectivity index (χ4v) is 0.476. The number of hydrogen-bond acceptors (Lipinski definition) is 3. The Bertz CT molecular complexity index is 172. The van der Waals surface area contributed by atoms with Crippen LogP contribution in [-0.2, 0) is 9.59 Å². The van der Waals surface area contributed by atoms with Gasteiger partial charge >= 0.3 is 5.97 Å². The number of carbonyl (C=O) groups excluding carboxylic acids is 1. The Kier molecular flexibility index (Phi) is 3.17. The zero-order chi connectivity index (χ0) is 8.15. The van der Waals surface area contributed by atoms with Crippen molar-refractivity contribution in [3.05, 3.63) is 11.8 Å². The number of carboxylic acids is 1.